The highest BCUT2D eigenvalue weighted by Gasteiger charge is 2.15. The van der Waals surface area contributed by atoms with Crippen LogP contribution in [0.2, 0.25) is 0 Å². The summed E-state index contributed by atoms with van der Waals surface area (Å²) in [4.78, 5) is 11.6. The summed E-state index contributed by atoms with van der Waals surface area (Å²) in [5.74, 6) is -0.833. The van der Waals surface area contributed by atoms with E-state index in [4.69, 9.17) is 9.90 Å². The summed E-state index contributed by atoms with van der Waals surface area (Å²) in [5.41, 5.74) is 0.516. The molecule has 1 heterocycles. The van der Waals surface area contributed by atoms with E-state index < -0.39 is 5.97 Å². The third kappa shape index (κ3) is 11.4. The van der Waals surface area contributed by atoms with Gasteiger partial charge in [0.1, 0.15) is 0 Å². The first-order valence-corrected chi connectivity index (χ1v) is 5.73. The Morgan fingerprint density at radius 3 is 2.00 bits per heavy atom. The van der Waals surface area contributed by atoms with Gasteiger partial charge in [-0.05, 0) is 44.3 Å². The first kappa shape index (κ1) is 14.4. The van der Waals surface area contributed by atoms with Crippen LogP contribution in [0.25, 0.3) is 0 Å². The maximum Gasteiger partial charge on any atom is 0.300 e. The topological polar surface area (TPSA) is 40.5 Å². The molecule has 1 rings (SSSR count). The molecule has 90 valence electrons. The lowest BCUT2D eigenvalue weighted by molar-refractivity contribution is -0.134. The third-order valence-corrected chi connectivity index (χ3v) is 2.38. The van der Waals surface area contributed by atoms with E-state index in [0.29, 0.717) is 5.41 Å². The zero-order valence-corrected chi connectivity index (χ0v) is 10.5. The van der Waals surface area contributed by atoms with Gasteiger partial charge in [0.2, 0.25) is 0 Å². The molecule has 0 atom stereocenters. The van der Waals surface area contributed by atoms with Gasteiger partial charge in [0.05, 0.1) is 0 Å². The number of hydrogen-bond acceptors (Lipinski definition) is 2. The van der Waals surface area contributed by atoms with Crippen molar-refractivity contribution in [2.24, 2.45) is 5.41 Å². The molecule has 1 aliphatic rings. The third-order valence-electron chi connectivity index (χ3n) is 2.38. The van der Waals surface area contributed by atoms with Crippen molar-refractivity contribution >= 4 is 5.97 Å². The average molecular weight is 215 g/mol. The predicted octanol–water partition coefficient (Wildman–Crippen LogP) is 2.61. The molecule has 0 bridgehead atoms. The molecule has 0 spiro atoms. The Labute approximate surface area is 93.5 Å². The molecule has 0 aromatic rings. The number of nitrogens with zero attached hydrogens (tertiary/aromatic N) is 1. The van der Waals surface area contributed by atoms with Crippen molar-refractivity contribution in [2.45, 2.75) is 47.0 Å². The second-order valence-corrected chi connectivity index (χ2v) is 5.38. The molecule has 0 radical (unpaired) electrons. The van der Waals surface area contributed by atoms with Crippen molar-refractivity contribution < 1.29 is 9.90 Å². The summed E-state index contributed by atoms with van der Waals surface area (Å²) in [5, 5.41) is 7.42. The van der Waals surface area contributed by atoms with Crippen LogP contribution >= 0.6 is 0 Å². The van der Waals surface area contributed by atoms with Gasteiger partial charge in [-0.2, -0.15) is 0 Å². The average Bonchev–Trinajstić information content (AvgIpc) is 2.49. The van der Waals surface area contributed by atoms with Gasteiger partial charge in [0.15, 0.2) is 0 Å². The second kappa shape index (κ2) is 6.83. The van der Waals surface area contributed by atoms with Crippen LogP contribution in [0.15, 0.2) is 0 Å². The van der Waals surface area contributed by atoms with E-state index in [2.05, 4.69) is 25.7 Å². The second-order valence-electron chi connectivity index (χ2n) is 5.38. The number of carbonyl (C=O) groups is 1. The van der Waals surface area contributed by atoms with Crippen LogP contribution in [-0.4, -0.2) is 35.6 Å². The molecule has 0 unspecified atom stereocenters. The van der Waals surface area contributed by atoms with Gasteiger partial charge in [-0.25, -0.2) is 0 Å². The maximum absolute atomic E-state index is 9.00. The zero-order chi connectivity index (χ0) is 11.9. The molecular weight excluding hydrogens is 190 g/mol. The van der Waals surface area contributed by atoms with E-state index >= 15 is 0 Å². The molecule has 1 aliphatic heterocycles. The van der Waals surface area contributed by atoms with Crippen LogP contribution in [0, 0.1) is 5.41 Å². The Kier molecular flexibility index (Phi) is 6.57. The number of carboxylic acids is 1. The molecule has 0 aromatic carbocycles. The molecule has 1 N–H and O–H groups in total. The fraction of sp³-hybridized carbons (Fsp3) is 0.917. The Morgan fingerprint density at radius 2 is 1.67 bits per heavy atom. The molecule has 0 aromatic heterocycles. The minimum absolute atomic E-state index is 0.516. The highest BCUT2D eigenvalue weighted by atomic mass is 16.4. The minimum Gasteiger partial charge on any atom is -0.481 e. The summed E-state index contributed by atoms with van der Waals surface area (Å²) in [7, 11) is 0. The predicted molar refractivity (Wildman–Crippen MR) is 63.1 cm³/mol. The lowest BCUT2D eigenvalue weighted by Gasteiger charge is -2.22. The van der Waals surface area contributed by atoms with Gasteiger partial charge in [-0.1, -0.05) is 20.8 Å². The van der Waals surface area contributed by atoms with Crippen molar-refractivity contribution in [1.82, 2.24) is 4.90 Å². The zero-order valence-electron chi connectivity index (χ0n) is 10.5. The van der Waals surface area contributed by atoms with Crippen LogP contribution in [0.3, 0.4) is 0 Å². The lowest BCUT2D eigenvalue weighted by atomic mass is 9.92. The molecule has 3 heteroatoms. The van der Waals surface area contributed by atoms with E-state index in [9.17, 15) is 0 Å². The Bertz CT molecular complexity index is 175. The normalized spacial score (nSPS) is 17.1. The highest BCUT2D eigenvalue weighted by molar-refractivity contribution is 5.62. The van der Waals surface area contributed by atoms with Crippen molar-refractivity contribution in [1.29, 1.82) is 0 Å². The van der Waals surface area contributed by atoms with Gasteiger partial charge in [0.25, 0.3) is 5.97 Å². The number of likely N-dealkylation sites (tertiary alicyclic amines) is 1. The first-order valence-electron chi connectivity index (χ1n) is 5.73. The molecule has 0 amide bonds. The van der Waals surface area contributed by atoms with Crippen molar-refractivity contribution in [3.8, 4) is 0 Å². The van der Waals surface area contributed by atoms with E-state index in [0.717, 1.165) is 6.92 Å². The maximum atomic E-state index is 9.00. The van der Waals surface area contributed by atoms with E-state index in [1.54, 1.807) is 0 Å². The fourth-order valence-electron chi connectivity index (χ4n) is 1.50. The van der Waals surface area contributed by atoms with E-state index in [1.165, 1.54) is 38.9 Å². The van der Waals surface area contributed by atoms with Crippen LogP contribution in [0.1, 0.15) is 47.0 Å². The van der Waals surface area contributed by atoms with Crippen LogP contribution in [0.5, 0.6) is 0 Å². The molecular formula is C12H25NO2. The highest BCUT2D eigenvalue weighted by Crippen LogP contribution is 2.20. The smallest absolute Gasteiger partial charge is 0.300 e. The van der Waals surface area contributed by atoms with Gasteiger partial charge >= 0.3 is 0 Å². The van der Waals surface area contributed by atoms with Gasteiger partial charge in [-0.15, -0.1) is 0 Å². The van der Waals surface area contributed by atoms with Gasteiger partial charge < -0.3 is 10.0 Å². The summed E-state index contributed by atoms with van der Waals surface area (Å²) < 4.78 is 0. The Morgan fingerprint density at radius 1 is 1.27 bits per heavy atom. The number of hydrogen-bond donors (Lipinski definition) is 1. The minimum atomic E-state index is -0.833. The summed E-state index contributed by atoms with van der Waals surface area (Å²) in [6, 6.07) is 0. The molecule has 1 saturated heterocycles. The number of rotatable bonds is 2. The SMILES string of the molecule is CC(=O)O.CC(C)(C)CCN1CCCC1. The monoisotopic (exact) mass is 215 g/mol. The van der Waals surface area contributed by atoms with Gasteiger partial charge in [-0.3, -0.25) is 4.79 Å². The van der Waals surface area contributed by atoms with Crippen molar-refractivity contribution in [3.63, 3.8) is 0 Å². The molecule has 15 heavy (non-hydrogen) atoms. The molecule has 3 nitrogen and oxygen atoms in total. The summed E-state index contributed by atoms with van der Waals surface area (Å²) in [6.07, 6.45) is 4.18. The van der Waals surface area contributed by atoms with Crippen LogP contribution < -0.4 is 0 Å². The van der Waals surface area contributed by atoms with Gasteiger partial charge in [0, 0.05) is 6.92 Å². The van der Waals surface area contributed by atoms with Crippen LogP contribution in [-0.2, 0) is 4.79 Å². The van der Waals surface area contributed by atoms with E-state index in [-0.39, 0.29) is 0 Å². The standard InChI is InChI=1S/C10H21N.C2H4O2/c1-10(2,3)6-9-11-7-4-5-8-11;1-2(3)4/h4-9H2,1-3H3;1H3,(H,3,4). The summed E-state index contributed by atoms with van der Waals surface area (Å²) >= 11 is 0. The van der Waals surface area contributed by atoms with Crippen LogP contribution in [0.4, 0.5) is 0 Å². The molecule has 0 aliphatic carbocycles. The van der Waals surface area contributed by atoms with Crippen molar-refractivity contribution in [3.05, 3.63) is 0 Å². The number of carboxylic acid groups (broad SMARTS) is 1. The Balaban J connectivity index is 0.000000423. The molecule has 1 fully saturated rings. The number of aliphatic carboxylic acids is 1. The molecule has 0 saturated carbocycles. The van der Waals surface area contributed by atoms with E-state index in [1.807, 2.05) is 0 Å². The first-order chi connectivity index (χ1) is 6.81. The van der Waals surface area contributed by atoms with Crippen molar-refractivity contribution in [2.75, 3.05) is 19.6 Å². The Hall–Kier alpha value is -0.570. The quantitative estimate of drug-likeness (QED) is 0.769. The summed E-state index contributed by atoms with van der Waals surface area (Å²) in [6.45, 7) is 12.0. The lowest BCUT2D eigenvalue weighted by Crippen LogP contribution is -2.24. The fourth-order valence-corrected chi connectivity index (χ4v) is 1.50. The largest absolute Gasteiger partial charge is 0.481 e.